The molecule has 2 saturated carbocycles. The summed E-state index contributed by atoms with van der Waals surface area (Å²) in [5.41, 5.74) is 10.3. The van der Waals surface area contributed by atoms with E-state index in [9.17, 15) is 0 Å². The Hall–Kier alpha value is -4.11. The number of benzene rings is 4. The van der Waals surface area contributed by atoms with E-state index < -0.39 is 0 Å². The van der Waals surface area contributed by atoms with E-state index in [2.05, 4.69) is 111 Å². The number of aromatic nitrogens is 3. The van der Waals surface area contributed by atoms with Crippen LogP contribution in [0.1, 0.15) is 56.5 Å². The summed E-state index contributed by atoms with van der Waals surface area (Å²) >= 11 is 0. The first-order valence-electron chi connectivity index (χ1n) is 15.6. The molecule has 5 unspecified atom stereocenters. The van der Waals surface area contributed by atoms with Gasteiger partial charge in [0.1, 0.15) is 5.82 Å². The molecule has 0 N–H and O–H groups in total. The molecule has 3 aliphatic carbocycles. The Morgan fingerprint density at radius 2 is 1.29 bits per heavy atom. The fraction of sp³-hybridized carbons (Fsp3) is 0.308. The van der Waals surface area contributed by atoms with Gasteiger partial charge in [-0.15, -0.1) is 0 Å². The zero-order chi connectivity index (χ0) is 28.4. The smallest absolute Gasteiger partial charge is 0.164 e. The van der Waals surface area contributed by atoms with Crippen LogP contribution in [-0.4, -0.2) is 15.0 Å². The van der Waals surface area contributed by atoms with Gasteiger partial charge in [-0.25, -0.2) is 15.0 Å². The quantitative estimate of drug-likeness (QED) is 0.226. The van der Waals surface area contributed by atoms with Crippen LogP contribution in [0.3, 0.4) is 0 Å². The van der Waals surface area contributed by atoms with Crippen molar-refractivity contribution in [2.75, 3.05) is 0 Å². The second-order valence-electron chi connectivity index (χ2n) is 13.1. The van der Waals surface area contributed by atoms with Crippen molar-refractivity contribution in [3.63, 3.8) is 0 Å². The molecular formula is C39H37N3. The molecule has 3 aliphatic rings. The van der Waals surface area contributed by atoms with E-state index in [1.54, 1.807) is 0 Å². The predicted molar refractivity (Wildman–Crippen MR) is 171 cm³/mol. The van der Waals surface area contributed by atoms with Crippen LogP contribution < -0.4 is 0 Å². The maximum Gasteiger partial charge on any atom is 0.164 e. The van der Waals surface area contributed by atoms with Crippen molar-refractivity contribution >= 4 is 0 Å². The maximum atomic E-state index is 5.16. The van der Waals surface area contributed by atoms with E-state index in [0.29, 0.717) is 11.8 Å². The monoisotopic (exact) mass is 547 g/mol. The summed E-state index contributed by atoms with van der Waals surface area (Å²) in [6, 6.07) is 35.2. The van der Waals surface area contributed by atoms with Gasteiger partial charge in [0.2, 0.25) is 0 Å². The largest absolute Gasteiger partial charge is 0.213 e. The minimum absolute atomic E-state index is 0.0576. The molecule has 3 nitrogen and oxygen atoms in total. The minimum Gasteiger partial charge on any atom is -0.213 e. The van der Waals surface area contributed by atoms with E-state index in [1.807, 2.05) is 6.92 Å². The highest BCUT2D eigenvalue weighted by atomic mass is 15.0. The molecule has 0 amide bonds. The molecule has 5 atom stereocenters. The molecule has 0 saturated heterocycles. The molecule has 3 heteroatoms. The van der Waals surface area contributed by atoms with Crippen molar-refractivity contribution in [1.29, 1.82) is 0 Å². The molecule has 42 heavy (non-hydrogen) atoms. The Morgan fingerprint density at radius 3 is 2.17 bits per heavy atom. The van der Waals surface area contributed by atoms with Gasteiger partial charge in [0.05, 0.1) is 0 Å². The third-order valence-electron chi connectivity index (χ3n) is 10.5. The molecule has 2 bridgehead atoms. The van der Waals surface area contributed by atoms with Gasteiger partial charge in [0, 0.05) is 16.5 Å². The van der Waals surface area contributed by atoms with Crippen LogP contribution in [0.15, 0.2) is 97.1 Å². The number of hydrogen-bond donors (Lipinski definition) is 0. The lowest BCUT2D eigenvalue weighted by molar-refractivity contribution is 0.0426. The first kappa shape index (κ1) is 25.6. The maximum absolute atomic E-state index is 5.16. The van der Waals surface area contributed by atoms with Crippen LogP contribution in [0.4, 0.5) is 0 Å². The zero-order valence-electron chi connectivity index (χ0n) is 24.7. The van der Waals surface area contributed by atoms with Crippen LogP contribution in [0.25, 0.3) is 45.0 Å². The van der Waals surface area contributed by atoms with Gasteiger partial charge in [0.15, 0.2) is 11.6 Å². The predicted octanol–water partition coefficient (Wildman–Crippen LogP) is 9.54. The molecule has 8 rings (SSSR count). The molecule has 4 aromatic carbocycles. The Morgan fingerprint density at radius 1 is 0.595 bits per heavy atom. The van der Waals surface area contributed by atoms with E-state index in [1.165, 1.54) is 53.5 Å². The molecule has 1 heterocycles. The Kier molecular flexibility index (Phi) is 5.93. The number of hydrogen-bond acceptors (Lipinski definition) is 3. The van der Waals surface area contributed by atoms with Crippen molar-refractivity contribution in [3.8, 4) is 45.0 Å². The third kappa shape index (κ3) is 3.82. The molecule has 2 fully saturated rings. The number of nitrogens with zero attached hydrogens (tertiary/aromatic N) is 3. The summed E-state index contributed by atoms with van der Waals surface area (Å²) in [5.74, 6) is 5.16. The van der Waals surface area contributed by atoms with Crippen molar-refractivity contribution in [1.82, 2.24) is 15.0 Å². The van der Waals surface area contributed by atoms with Crippen molar-refractivity contribution in [3.05, 3.63) is 114 Å². The second-order valence-corrected chi connectivity index (χ2v) is 13.1. The van der Waals surface area contributed by atoms with Gasteiger partial charge in [-0.2, -0.15) is 0 Å². The molecule has 0 aliphatic heterocycles. The van der Waals surface area contributed by atoms with E-state index in [-0.39, 0.29) is 5.41 Å². The topological polar surface area (TPSA) is 38.7 Å². The van der Waals surface area contributed by atoms with Crippen LogP contribution in [-0.2, 0) is 5.41 Å². The van der Waals surface area contributed by atoms with Crippen LogP contribution >= 0.6 is 0 Å². The summed E-state index contributed by atoms with van der Waals surface area (Å²) < 4.78 is 0. The summed E-state index contributed by atoms with van der Waals surface area (Å²) in [5, 5.41) is 0. The summed E-state index contributed by atoms with van der Waals surface area (Å²) in [4.78, 5) is 15.0. The molecule has 0 radical (unpaired) electrons. The number of rotatable bonds is 3. The van der Waals surface area contributed by atoms with Crippen molar-refractivity contribution < 1.29 is 0 Å². The fourth-order valence-electron chi connectivity index (χ4n) is 9.15. The van der Waals surface area contributed by atoms with Crippen LogP contribution in [0.5, 0.6) is 0 Å². The normalized spacial score (nSPS) is 25.7. The number of aryl methyl sites for hydroxylation is 1. The molecule has 208 valence electrons. The molecule has 1 spiro atoms. The fourth-order valence-corrected chi connectivity index (χ4v) is 9.15. The first-order valence-corrected chi connectivity index (χ1v) is 15.6. The van der Waals surface area contributed by atoms with Crippen LogP contribution in [0, 0.1) is 30.6 Å². The Bertz CT molecular complexity index is 1800. The van der Waals surface area contributed by atoms with E-state index in [4.69, 9.17) is 15.0 Å². The van der Waals surface area contributed by atoms with Crippen molar-refractivity contribution in [2.24, 2.45) is 23.7 Å². The lowest BCUT2D eigenvalue weighted by Gasteiger charge is -2.54. The van der Waals surface area contributed by atoms with Gasteiger partial charge in [-0.05, 0) is 95.7 Å². The van der Waals surface area contributed by atoms with Gasteiger partial charge < -0.3 is 0 Å². The first-order chi connectivity index (χ1) is 20.5. The van der Waals surface area contributed by atoms with Gasteiger partial charge >= 0.3 is 0 Å². The highest BCUT2D eigenvalue weighted by molar-refractivity contribution is 5.91. The summed E-state index contributed by atoms with van der Waals surface area (Å²) in [6.07, 6.45) is 5.36. The van der Waals surface area contributed by atoms with E-state index in [0.717, 1.165) is 46.0 Å². The standard InChI is InChI=1S/C39H37N3/c1-24-19-27-21-25(2)39(31(20-24)22-27)34-17-8-7-15-32(34)36-33(16-10-18-35(36)39)38-41-26(3)40-37(42-38)30-14-9-13-29(23-30)28-11-5-4-6-12-28/h4-18,23-25,27,31H,19-22H2,1-3H3. The van der Waals surface area contributed by atoms with E-state index >= 15 is 0 Å². The van der Waals surface area contributed by atoms with Gasteiger partial charge in [-0.3, -0.25) is 0 Å². The zero-order valence-corrected chi connectivity index (χ0v) is 24.7. The summed E-state index contributed by atoms with van der Waals surface area (Å²) in [6.45, 7) is 6.99. The molecular weight excluding hydrogens is 510 g/mol. The SMILES string of the molecule is Cc1nc(-c2cccc(-c3ccccc3)c2)nc(-c2cccc3c2-c2ccccc2C32C(C)CC3CC(C)CC2C3)n1. The highest BCUT2D eigenvalue weighted by Crippen LogP contribution is 2.65. The highest BCUT2D eigenvalue weighted by Gasteiger charge is 2.56. The lowest BCUT2D eigenvalue weighted by Crippen LogP contribution is -2.49. The molecule has 1 aromatic heterocycles. The third-order valence-corrected chi connectivity index (χ3v) is 10.5. The van der Waals surface area contributed by atoms with Gasteiger partial charge in [-0.1, -0.05) is 105 Å². The summed E-state index contributed by atoms with van der Waals surface area (Å²) in [7, 11) is 0. The number of fused-ring (bicyclic) bond motifs is 8. The van der Waals surface area contributed by atoms with Gasteiger partial charge in [0.25, 0.3) is 0 Å². The Balaban J connectivity index is 1.30. The lowest BCUT2D eigenvalue weighted by atomic mass is 9.49. The minimum atomic E-state index is 0.0576. The van der Waals surface area contributed by atoms with Crippen molar-refractivity contribution in [2.45, 2.75) is 51.9 Å². The second kappa shape index (κ2) is 9.73. The van der Waals surface area contributed by atoms with Crippen LogP contribution in [0.2, 0.25) is 0 Å². The molecule has 5 aromatic rings. The Labute approximate surface area is 249 Å². The average molecular weight is 548 g/mol. The average Bonchev–Trinajstić information content (AvgIpc) is 3.32.